The first-order chi connectivity index (χ1) is 6.24. The summed E-state index contributed by atoms with van der Waals surface area (Å²) in [6.07, 6.45) is 1.75. The van der Waals surface area contributed by atoms with E-state index in [0.29, 0.717) is 6.04 Å². The highest BCUT2D eigenvalue weighted by Gasteiger charge is 2.23. The second kappa shape index (κ2) is 4.83. The number of hydrogen-bond acceptors (Lipinski definition) is 3. The third-order valence-corrected chi connectivity index (χ3v) is 2.34. The Morgan fingerprint density at radius 1 is 1.77 bits per heavy atom. The molecule has 1 heterocycles. The molecule has 1 saturated heterocycles. The van der Waals surface area contributed by atoms with E-state index < -0.39 is 0 Å². The summed E-state index contributed by atoms with van der Waals surface area (Å²) in [5.74, 6) is 0.111. The molecule has 0 radical (unpaired) electrons. The van der Waals surface area contributed by atoms with Gasteiger partial charge in [0.2, 0.25) is 5.91 Å². The summed E-state index contributed by atoms with van der Waals surface area (Å²) in [6, 6.07) is 2.31. The summed E-state index contributed by atoms with van der Waals surface area (Å²) in [5.41, 5.74) is 0. The first-order valence-corrected chi connectivity index (χ1v) is 4.62. The van der Waals surface area contributed by atoms with Crippen molar-refractivity contribution in [1.82, 2.24) is 10.6 Å². The topological polar surface area (TPSA) is 64.9 Å². The molecule has 0 aromatic heterocycles. The lowest BCUT2D eigenvalue weighted by Gasteiger charge is -2.26. The van der Waals surface area contributed by atoms with Gasteiger partial charge in [0.1, 0.15) is 6.54 Å². The quantitative estimate of drug-likeness (QED) is 0.590. The Balaban J connectivity index is 2.33. The molecule has 1 rings (SSSR count). The second-order valence-corrected chi connectivity index (χ2v) is 3.45. The number of nitrogens with zero attached hydrogens (tertiary/aromatic N) is 1. The van der Waals surface area contributed by atoms with E-state index in [0.717, 1.165) is 19.4 Å². The molecule has 2 unspecified atom stereocenters. The number of piperidine rings is 1. The Hall–Kier alpha value is -1.08. The second-order valence-electron chi connectivity index (χ2n) is 3.45. The maximum absolute atomic E-state index is 11.4. The maximum Gasteiger partial charge on any atom is 0.224 e. The first-order valence-electron chi connectivity index (χ1n) is 4.62. The van der Waals surface area contributed by atoms with E-state index in [2.05, 4.69) is 17.6 Å². The average Bonchev–Trinajstić information content (AvgIpc) is 2.14. The molecular formula is C9H15N3O. The first kappa shape index (κ1) is 10.0. The van der Waals surface area contributed by atoms with Crippen molar-refractivity contribution in [2.75, 3.05) is 13.1 Å². The van der Waals surface area contributed by atoms with Crippen molar-refractivity contribution in [3.05, 3.63) is 0 Å². The number of amides is 1. The molecule has 13 heavy (non-hydrogen) atoms. The molecule has 1 aliphatic heterocycles. The molecule has 0 aliphatic carbocycles. The van der Waals surface area contributed by atoms with Crippen LogP contribution in [0.1, 0.15) is 19.8 Å². The van der Waals surface area contributed by atoms with Crippen molar-refractivity contribution >= 4 is 5.91 Å². The van der Waals surface area contributed by atoms with Gasteiger partial charge in [-0.25, -0.2) is 0 Å². The van der Waals surface area contributed by atoms with Crippen molar-refractivity contribution in [2.45, 2.75) is 25.8 Å². The highest BCUT2D eigenvalue weighted by atomic mass is 16.1. The molecule has 0 bridgehead atoms. The molecule has 0 spiro atoms. The fraction of sp³-hybridized carbons (Fsp3) is 0.778. The number of carbonyl (C=O) groups excluding carboxylic acids is 1. The van der Waals surface area contributed by atoms with Crippen LogP contribution in [-0.2, 0) is 4.79 Å². The Bertz CT molecular complexity index is 221. The predicted octanol–water partition coefficient (Wildman–Crippen LogP) is 0.0143. The number of carbonyl (C=O) groups is 1. The number of hydrogen-bond donors (Lipinski definition) is 2. The van der Waals surface area contributed by atoms with Crippen LogP contribution in [0.2, 0.25) is 0 Å². The highest BCUT2D eigenvalue weighted by molar-refractivity contribution is 5.79. The van der Waals surface area contributed by atoms with E-state index >= 15 is 0 Å². The molecule has 0 saturated carbocycles. The lowest BCUT2D eigenvalue weighted by atomic mass is 9.92. The summed E-state index contributed by atoms with van der Waals surface area (Å²) in [5, 5.41) is 14.2. The fourth-order valence-electron chi connectivity index (χ4n) is 1.64. The molecule has 2 N–H and O–H groups in total. The summed E-state index contributed by atoms with van der Waals surface area (Å²) in [4.78, 5) is 11.4. The van der Waals surface area contributed by atoms with Gasteiger partial charge < -0.3 is 10.6 Å². The molecular weight excluding hydrogens is 166 g/mol. The van der Waals surface area contributed by atoms with Gasteiger partial charge in [0.15, 0.2) is 0 Å². The minimum atomic E-state index is 0.0231. The van der Waals surface area contributed by atoms with Crippen LogP contribution >= 0.6 is 0 Å². The van der Waals surface area contributed by atoms with Gasteiger partial charge in [-0.1, -0.05) is 0 Å². The van der Waals surface area contributed by atoms with Crippen molar-refractivity contribution in [3.63, 3.8) is 0 Å². The zero-order valence-corrected chi connectivity index (χ0v) is 7.84. The van der Waals surface area contributed by atoms with Crippen molar-refractivity contribution in [1.29, 1.82) is 5.26 Å². The van der Waals surface area contributed by atoms with E-state index in [1.54, 1.807) is 0 Å². The molecule has 1 aliphatic rings. The lowest BCUT2D eigenvalue weighted by molar-refractivity contribution is -0.125. The van der Waals surface area contributed by atoms with Crippen LogP contribution in [0.5, 0.6) is 0 Å². The van der Waals surface area contributed by atoms with Crippen LogP contribution in [0.4, 0.5) is 0 Å². The van der Waals surface area contributed by atoms with Gasteiger partial charge in [-0.15, -0.1) is 0 Å². The highest BCUT2D eigenvalue weighted by Crippen LogP contribution is 2.15. The normalized spacial score (nSPS) is 27.7. The Morgan fingerprint density at radius 3 is 3.15 bits per heavy atom. The third-order valence-electron chi connectivity index (χ3n) is 2.34. The SMILES string of the molecule is CC1CC(C(=O)NCC#N)CCN1. The van der Waals surface area contributed by atoms with E-state index in [9.17, 15) is 4.79 Å². The molecule has 1 amide bonds. The van der Waals surface area contributed by atoms with Gasteiger partial charge in [0.05, 0.1) is 6.07 Å². The van der Waals surface area contributed by atoms with Crippen molar-refractivity contribution in [2.24, 2.45) is 5.92 Å². The Kier molecular flexibility index (Phi) is 3.71. The van der Waals surface area contributed by atoms with Gasteiger partial charge >= 0.3 is 0 Å². The largest absolute Gasteiger partial charge is 0.343 e. The number of nitrogens with one attached hydrogen (secondary N) is 2. The fourth-order valence-corrected chi connectivity index (χ4v) is 1.64. The van der Waals surface area contributed by atoms with Gasteiger partial charge in [-0.3, -0.25) is 4.79 Å². The van der Waals surface area contributed by atoms with Gasteiger partial charge in [-0.2, -0.15) is 5.26 Å². The monoisotopic (exact) mass is 181 g/mol. The van der Waals surface area contributed by atoms with Crippen molar-refractivity contribution < 1.29 is 4.79 Å². The molecule has 0 aromatic rings. The van der Waals surface area contributed by atoms with E-state index in [4.69, 9.17) is 5.26 Å². The predicted molar refractivity (Wildman–Crippen MR) is 48.8 cm³/mol. The molecule has 0 aromatic carbocycles. The number of rotatable bonds is 2. The van der Waals surface area contributed by atoms with Gasteiger partial charge in [0.25, 0.3) is 0 Å². The van der Waals surface area contributed by atoms with Crippen molar-refractivity contribution in [3.8, 4) is 6.07 Å². The molecule has 2 atom stereocenters. The third kappa shape index (κ3) is 3.03. The minimum Gasteiger partial charge on any atom is -0.343 e. The van der Waals surface area contributed by atoms with Gasteiger partial charge in [-0.05, 0) is 26.3 Å². The maximum atomic E-state index is 11.4. The van der Waals surface area contributed by atoms with E-state index in [1.165, 1.54) is 0 Å². The van der Waals surface area contributed by atoms with Crippen LogP contribution < -0.4 is 10.6 Å². The molecule has 1 fully saturated rings. The van der Waals surface area contributed by atoms with Crippen LogP contribution in [-0.4, -0.2) is 25.0 Å². The van der Waals surface area contributed by atoms with Crippen LogP contribution in [0.25, 0.3) is 0 Å². The Labute approximate surface area is 78.3 Å². The summed E-state index contributed by atoms with van der Waals surface area (Å²) >= 11 is 0. The number of nitriles is 1. The van der Waals surface area contributed by atoms with Gasteiger partial charge in [0, 0.05) is 12.0 Å². The van der Waals surface area contributed by atoms with Crippen LogP contribution in [0, 0.1) is 17.2 Å². The molecule has 4 heteroatoms. The smallest absolute Gasteiger partial charge is 0.224 e. The zero-order valence-electron chi connectivity index (χ0n) is 7.84. The molecule has 4 nitrogen and oxygen atoms in total. The van der Waals surface area contributed by atoms with Crippen LogP contribution in [0.15, 0.2) is 0 Å². The van der Waals surface area contributed by atoms with E-state index in [1.807, 2.05) is 6.07 Å². The summed E-state index contributed by atoms with van der Waals surface area (Å²) in [6.45, 7) is 3.09. The standard InChI is InChI=1S/C9H15N3O/c1-7-6-8(2-4-11-7)9(13)12-5-3-10/h7-8,11H,2,4-6H2,1H3,(H,12,13). The lowest BCUT2D eigenvalue weighted by Crippen LogP contribution is -2.42. The summed E-state index contributed by atoms with van der Waals surface area (Å²) < 4.78 is 0. The molecule has 72 valence electrons. The summed E-state index contributed by atoms with van der Waals surface area (Å²) in [7, 11) is 0. The van der Waals surface area contributed by atoms with Crippen LogP contribution in [0.3, 0.4) is 0 Å². The zero-order chi connectivity index (χ0) is 9.68. The minimum absolute atomic E-state index is 0.0231. The Morgan fingerprint density at radius 2 is 2.54 bits per heavy atom. The van der Waals surface area contributed by atoms with E-state index in [-0.39, 0.29) is 18.4 Å². The average molecular weight is 181 g/mol.